The molecule has 0 saturated carbocycles. The van der Waals surface area contributed by atoms with Crippen molar-refractivity contribution in [2.24, 2.45) is 5.73 Å². The van der Waals surface area contributed by atoms with Crippen molar-refractivity contribution in [2.75, 3.05) is 5.32 Å². The summed E-state index contributed by atoms with van der Waals surface area (Å²) >= 11 is 0. The number of hydrogen-bond acceptors (Lipinski definition) is 5. The molecular formula is C10H14N4O3. The number of anilines is 1. The molecule has 4 N–H and O–H groups in total. The molecule has 0 aliphatic carbocycles. The van der Waals surface area contributed by atoms with Crippen LogP contribution in [0, 0.1) is 0 Å². The molecule has 1 aromatic heterocycles. The number of aromatic carboxylic acids is 1. The van der Waals surface area contributed by atoms with Gasteiger partial charge in [0.2, 0.25) is 5.91 Å². The molecule has 0 aromatic carbocycles. The van der Waals surface area contributed by atoms with Crippen molar-refractivity contribution >= 4 is 17.7 Å². The molecule has 92 valence electrons. The molecule has 0 aliphatic rings. The van der Waals surface area contributed by atoms with Gasteiger partial charge in [0.25, 0.3) is 0 Å². The van der Waals surface area contributed by atoms with Crippen LogP contribution in [0.15, 0.2) is 12.4 Å². The standard InChI is InChI=1S/C10H14N4O3/c1-10(2,3-7(11)15)14-8-5-12-6(4-13-8)9(16)17/h4-5H,3H2,1-2H3,(H2,11,15)(H,13,14)(H,16,17). The third kappa shape index (κ3) is 4.06. The number of primary amides is 1. The Hall–Kier alpha value is -2.18. The SMILES string of the molecule is CC(C)(CC(N)=O)Nc1cnc(C(=O)O)cn1. The number of nitrogens with two attached hydrogens (primary N) is 1. The van der Waals surface area contributed by atoms with Gasteiger partial charge in [-0.15, -0.1) is 0 Å². The summed E-state index contributed by atoms with van der Waals surface area (Å²) in [5.74, 6) is -1.18. The van der Waals surface area contributed by atoms with E-state index < -0.39 is 17.4 Å². The first-order valence-corrected chi connectivity index (χ1v) is 4.92. The fourth-order valence-corrected chi connectivity index (χ4v) is 1.33. The summed E-state index contributed by atoms with van der Waals surface area (Å²) in [7, 11) is 0. The van der Waals surface area contributed by atoms with Crippen LogP contribution in [-0.4, -0.2) is 32.5 Å². The summed E-state index contributed by atoms with van der Waals surface area (Å²) < 4.78 is 0. The van der Waals surface area contributed by atoms with Crippen molar-refractivity contribution in [3.63, 3.8) is 0 Å². The summed E-state index contributed by atoms with van der Waals surface area (Å²) in [6.07, 6.45) is 2.58. The average molecular weight is 238 g/mol. The zero-order valence-electron chi connectivity index (χ0n) is 9.60. The molecule has 17 heavy (non-hydrogen) atoms. The predicted molar refractivity (Wildman–Crippen MR) is 60.5 cm³/mol. The molecule has 1 heterocycles. The van der Waals surface area contributed by atoms with Gasteiger partial charge in [-0.05, 0) is 13.8 Å². The first kappa shape index (κ1) is 12.9. The Labute approximate surface area is 98.1 Å². The second kappa shape index (κ2) is 4.77. The van der Waals surface area contributed by atoms with Gasteiger partial charge in [-0.1, -0.05) is 0 Å². The lowest BCUT2D eigenvalue weighted by Gasteiger charge is -2.25. The lowest BCUT2D eigenvalue weighted by molar-refractivity contribution is -0.118. The molecule has 0 bridgehead atoms. The van der Waals surface area contributed by atoms with Gasteiger partial charge >= 0.3 is 5.97 Å². The normalized spacial score (nSPS) is 10.9. The number of amides is 1. The van der Waals surface area contributed by atoms with Crippen LogP contribution in [0.4, 0.5) is 5.82 Å². The Morgan fingerprint density at radius 1 is 1.41 bits per heavy atom. The Morgan fingerprint density at radius 2 is 2.06 bits per heavy atom. The molecule has 1 amide bonds. The Morgan fingerprint density at radius 3 is 2.47 bits per heavy atom. The number of aromatic nitrogens is 2. The molecule has 7 heteroatoms. The van der Waals surface area contributed by atoms with E-state index in [4.69, 9.17) is 10.8 Å². The van der Waals surface area contributed by atoms with E-state index in [1.807, 2.05) is 0 Å². The lowest BCUT2D eigenvalue weighted by Crippen LogP contribution is -2.36. The minimum absolute atomic E-state index is 0.134. The molecule has 0 spiro atoms. The smallest absolute Gasteiger partial charge is 0.356 e. The van der Waals surface area contributed by atoms with Gasteiger partial charge in [0.05, 0.1) is 12.4 Å². The highest BCUT2D eigenvalue weighted by Gasteiger charge is 2.21. The first-order chi connectivity index (χ1) is 7.80. The van der Waals surface area contributed by atoms with Crippen LogP contribution in [0.2, 0.25) is 0 Å². The van der Waals surface area contributed by atoms with E-state index in [1.54, 1.807) is 13.8 Å². The van der Waals surface area contributed by atoms with Crippen LogP contribution in [-0.2, 0) is 4.79 Å². The molecule has 0 unspecified atom stereocenters. The highest BCUT2D eigenvalue weighted by atomic mass is 16.4. The Bertz CT molecular complexity index is 428. The molecule has 0 aliphatic heterocycles. The zero-order chi connectivity index (χ0) is 13.1. The van der Waals surface area contributed by atoms with Crippen LogP contribution in [0.5, 0.6) is 0 Å². The third-order valence-electron chi connectivity index (χ3n) is 1.95. The fourth-order valence-electron chi connectivity index (χ4n) is 1.33. The number of carboxylic acids is 1. The third-order valence-corrected chi connectivity index (χ3v) is 1.95. The summed E-state index contributed by atoms with van der Waals surface area (Å²) in [6, 6.07) is 0. The molecule has 0 saturated heterocycles. The number of hydrogen-bond donors (Lipinski definition) is 3. The average Bonchev–Trinajstić information content (AvgIpc) is 2.15. The van der Waals surface area contributed by atoms with Crippen molar-refractivity contribution in [1.82, 2.24) is 9.97 Å². The summed E-state index contributed by atoms with van der Waals surface area (Å²) in [4.78, 5) is 29.0. The van der Waals surface area contributed by atoms with E-state index in [0.717, 1.165) is 6.20 Å². The van der Waals surface area contributed by atoms with E-state index in [-0.39, 0.29) is 12.1 Å². The number of nitrogens with zero attached hydrogens (tertiary/aromatic N) is 2. The summed E-state index contributed by atoms with van der Waals surface area (Å²) in [6.45, 7) is 3.56. The monoisotopic (exact) mass is 238 g/mol. The van der Waals surface area contributed by atoms with Crippen molar-refractivity contribution in [3.8, 4) is 0 Å². The maximum atomic E-state index is 10.8. The summed E-state index contributed by atoms with van der Waals surface area (Å²) in [5, 5.41) is 11.6. The molecule has 0 radical (unpaired) electrons. The van der Waals surface area contributed by atoms with E-state index in [2.05, 4.69) is 15.3 Å². The Kier molecular flexibility index (Phi) is 3.62. The van der Waals surface area contributed by atoms with Crippen LogP contribution < -0.4 is 11.1 Å². The first-order valence-electron chi connectivity index (χ1n) is 4.92. The van der Waals surface area contributed by atoms with Gasteiger partial charge in [0.1, 0.15) is 5.82 Å². The van der Waals surface area contributed by atoms with Gasteiger partial charge < -0.3 is 16.2 Å². The van der Waals surface area contributed by atoms with Crippen LogP contribution in [0.1, 0.15) is 30.8 Å². The molecule has 1 aromatic rings. The van der Waals surface area contributed by atoms with Crippen LogP contribution in [0.3, 0.4) is 0 Å². The maximum Gasteiger partial charge on any atom is 0.356 e. The van der Waals surface area contributed by atoms with Crippen LogP contribution in [0.25, 0.3) is 0 Å². The number of carbonyl (C=O) groups is 2. The second-order valence-electron chi connectivity index (χ2n) is 4.24. The second-order valence-corrected chi connectivity index (χ2v) is 4.24. The maximum absolute atomic E-state index is 10.8. The van der Waals surface area contributed by atoms with Crippen LogP contribution >= 0.6 is 0 Å². The molecule has 7 nitrogen and oxygen atoms in total. The van der Waals surface area contributed by atoms with Crippen molar-refractivity contribution in [2.45, 2.75) is 25.8 Å². The number of carbonyl (C=O) groups excluding carboxylic acids is 1. The van der Waals surface area contributed by atoms with E-state index in [9.17, 15) is 9.59 Å². The minimum atomic E-state index is -1.14. The molecule has 0 atom stereocenters. The van der Waals surface area contributed by atoms with Gasteiger partial charge in [-0.2, -0.15) is 0 Å². The van der Waals surface area contributed by atoms with E-state index >= 15 is 0 Å². The van der Waals surface area contributed by atoms with Crippen molar-refractivity contribution in [1.29, 1.82) is 0 Å². The fraction of sp³-hybridized carbons (Fsp3) is 0.400. The van der Waals surface area contributed by atoms with Crippen molar-refractivity contribution in [3.05, 3.63) is 18.1 Å². The van der Waals surface area contributed by atoms with Gasteiger partial charge in [-0.25, -0.2) is 14.8 Å². The quantitative estimate of drug-likeness (QED) is 0.676. The minimum Gasteiger partial charge on any atom is -0.476 e. The highest BCUT2D eigenvalue weighted by Crippen LogP contribution is 2.15. The van der Waals surface area contributed by atoms with Gasteiger partial charge in [0, 0.05) is 12.0 Å². The topological polar surface area (TPSA) is 118 Å². The van der Waals surface area contributed by atoms with E-state index in [0.29, 0.717) is 5.82 Å². The van der Waals surface area contributed by atoms with Crippen molar-refractivity contribution < 1.29 is 14.7 Å². The number of nitrogens with one attached hydrogen (secondary N) is 1. The molecular weight excluding hydrogens is 224 g/mol. The Balaban J connectivity index is 2.75. The highest BCUT2D eigenvalue weighted by molar-refractivity contribution is 5.84. The molecule has 1 rings (SSSR count). The summed E-state index contributed by atoms with van der Waals surface area (Å²) in [5.41, 5.74) is 4.40. The lowest BCUT2D eigenvalue weighted by atomic mass is 10.0. The number of rotatable bonds is 5. The number of carboxylic acid groups (broad SMARTS) is 1. The van der Waals surface area contributed by atoms with E-state index in [1.165, 1.54) is 6.20 Å². The van der Waals surface area contributed by atoms with Gasteiger partial charge in [0.15, 0.2) is 5.69 Å². The molecule has 0 fully saturated rings. The largest absolute Gasteiger partial charge is 0.476 e. The zero-order valence-corrected chi connectivity index (χ0v) is 9.60. The van der Waals surface area contributed by atoms with Gasteiger partial charge in [-0.3, -0.25) is 4.79 Å². The predicted octanol–water partition coefficient (Wildman–Crippen LogP) is 0.241.